The fourth-order valence-corrected chi connectivity index (χ4v) is 2.98. The molecule has 2 N–H and O–H groups in total. The van der Waals surface area contributed by atoms with Gasteiger partial charge in [0.25, 0.3) is 5.91 Å². The number of hydrogen-bond acceptors (Lipinski definition) is 6. The number of tetrazole rings is 1. The summed E-state index contributed by atoms with van der Waals surface area (Å²) in [5.74, 6) is 0.498. The van der Waals surface area contributed by atoms with Crippen LogP contribution in [0.3, 0.4) is 0 Å². The van der Waals surface area contributed by atoms with Crippen LogP contribution in [0.25, 0.3) is 11.4 Å². The van der Waals surface area contributed by atoms with Gasteiger partial charge in [-0.25, -0.2) is 0 Å². The number of benzene rings is 2. The number of ether oxygens (including phenoxy) is 1. The summed E-state index contributed by atoms with van der Waals surface area (Å²) in [6, 6.07) is 17.6. The number of nitrogens with zero attached hydrogens (tertiary/aromatic N) is 4. The molecule has 1 amide bonds. The lowest BCUT2D eigenvalue weighted by molar-refractivity contribution is -0.128. The Balaban J connectivity index is 0.00000240. The van der Waals surface area contributed by atoms with E-state index in [9.17, 15) is 4.79 Å². The molecule has 0 bridgehead atoms. The summed E-state index contributed by atoms with van der Waals surface area (Å²) in [4.78, 5) is 13.8. The molecule has 1 aromatic heterocycles. The molecule has 8 nitrogen and oxygen atoms in total. The summed E-state index contributed by atoms with van der Waals surface area (Å²) in [7, 11) is 0. The number of carbonyl (C=O) groups is 1. The monoisotopic (exact) mass is 414 g/mol. The van der Waals surface area contributed by atoms with Crippen LogP contribution >= 0.6 is 12.4 Å². The molecule has 3 aromatic rings. The average Bonchev–Trinajstić information content (AvgIpc) is 3.24. The summed E-state index contributed by atoms with van der Waals surface area (Å²) in [5, 5.41) is 18.7. The van der Waals surface area contributed by atoms with E-state index in [-0.39, 0.29) is 18.3 Å². The molecule has 1 aliphatic rings. The van der Waals surface area contributed by atoms with Gasteiger partial charge in [0.05, 0.1) is 13.2 Å². The number of amides is 1. The Kier molecular flexibility index (Phi) is 7.29. The molecule has 1 fully saturated rings. The average molecular weight is 415 g/mol. The van der Waals surface area contributed by atoms with Gasteiger partial charge in [0, 0.05) is 24.3 Å². The largest absolute Gasteiger partial charge is 0.366 e. The van der Waals surface area contributed by atoms with E-state index in [2.05, 4.69) is 26.0 Å². The molecule has 0 unspecified atom stereocenters. The van der Waals surface area contributed by atoms with Crippen molar-refractivity contribution in [2.24, 2.45) is 0 Å². The van der Waals surface area contributed by atoms with E-state index in [0.29, 0.717) is 25.5 Å². The number of nitrogens with one attached hydrogen (secondary N) is 2. The van der Waals surface area contributed by atoms with Crippen molar-refractivity contribution in [3.63, 3.8) is 0 Å². The third kappa shape index (κ3) is 5.60. The zero-order valence-electron chi connectivity index (χ0n) is 15.8. The van der Waals surface area contributed by atoms with Gasteiger partial charge in [-0.1, -0.05) is 42.5 Å². The van der Waals surface area contributed by atoms with Crippen molar-refractivity contribution < 1.29 is 9.53 Å². The summed E-state index contributed by atoms with van der Waals surface area (Å²) < 4.78 is 5.46. The van der Waals surface area contributed by atoms with Crippen molar-refractivity contribution in [3.8, 4) is 11.4 Å². The molecule has 29 heavy (non-hydrogen) atoms. The number of aromatic nitrogens is 4. The maximum absolute atomic E-state index is 12.2. The summed E-state index contributed by atoms with van der Waals surface area (Å²) in [6.45, 7) is 2.51. The van der Waals surface area contributed by atoms with Gasteiger partial charge in [0.15, 0.2) is 0 Å². The molecular weight excluding hydrogens is 392 g/mol. The van der Waals surface area contributed by atoms with E-state index >= 15 is 0 Å². The second kappa shape index (κ2) is 10.1. The van der Waals surface area contributed by atoms with Gasteiger partial charge in [0.2, 0.25) is 5.82 Å². The molecule has 0 radical (unpaired) electrons. The Hall–Kier alpha value is -2.81. The Morgan fingerprint density at radius 1 is 1.17 bits per heavy atom. The lowest BCUT2D eigenvalue weighted by Gasteiger charge is -2.22. The number of morpholine rings is 1. The minimum Gasteiger partial charge on any atom is -0.366 e. The molecule has 4 rings (SSSR count). The second-order valence-electron chi connectivity index (χ2n) is 6.57. The number of rotatable bonds is 6. The molecule has 1 aliphatic heterocycles. The molecule has 1 saturated heterocycles. The van der Waals surface area contributed by atoms with Crippen molar-refractivity contribution >= 4 is 24.0 Å². The smallest absolute Gasteiger partial charge is 0.254 e. The quantitative estimate of drug-likeness (QED) is 0.640. The summed E-state index contributed by atoms with van der Waals surface area (Å²) in [5.41, 5.74) is 2.84. The normalized spacial score (nSPS) is 16.1. The number of aryl methyl sites for hydroxylation is 2. The molecular formula is C20H23ClN6O2. The SMILES string of the molecule is Cl.O=C(Nc1ccc(CCn2nnc(-c3ccccc3)n2)cc1)[C@H]1CNCCO1. The molecule has 1 atom stereocenters. The van der Waals surface area contributed by atoms with Crippen molar-refractivity contribution in [1.82, 2.24) is 25.5 Å². The lowest BCUT2D eigenvalue weighted by atomic mass is 10.1. The Labute approximate surface area is 175 Å². The molecule has 0 spiro atoms. The molecule has 152 valence electrons. The van der Waals surface area contributed by atoms with Crippen LogP contribution in [0, 0.1) is 0 Å². The topological polar surface area (TPSA) is 94.0 Å². The summed E-state index contributed by atoms with van der Waals surface area (Å²) >= 11 is 0. The van der Waals surface area contributed by atoms with Crippen molar-refractivity contribution in [2.75, 3.05) is 25.0 Å². The predicted molar refractivity (Wildman–Crippen MR) is 112 cm³/mol. The third-order valence-corrected chi connectivity index (χ3v) is 4.53. The Bertz CT molecular complexity index is 910. The number of carbonyl (C=O) groups excluding carboxylic acids is 1. The van der Waals surface area contributed by atoms with E-state index < -0.39 is 6.10 Å². The first-order valence-corrected chi connectivity index (χ1v) is 9.33. The minimum atomic E-state index is -0.439. The van der Waals surface area contributed by atoms with Crippen molar-refractivity contribution in [1.29, 1.82) is 0 Å². The zero-order chi connectivity index (χ0) is 19.2. The van der Waals surface area contributed by atoms with Gasteiger partial charge in [-0.15, -0.1) is 22.6 Å². The molecule has 0 aliphatic carbocycles. The summed E-state index contributed by atoms with van der Waals surface area (Å²) in [6.07, 6.45) is 0.333. The van der Waals surface area contributed by atoms with Crippen LogP contribution in [0.4, 0.5) is 5.69 Å². The molecule has 2 heterocycles. The van der Waals surface area contributed by atoms with Crippen LogP contribution < -0.4 is 10.6 Å². The number of halogens is 1. The second-order valence-corrected chi connectivity index (χ2v) is 6.57. The third-order valence-electron chi connectivity index (χ3n) is 4.53. The van der Waals surface area contributed by atoms with Crippen molar-refractivity contribution in [2.45, 2.75) is 19.1 Å². The van der Waals surface area contributed by atoms with Gasteiger partial charge in [0.1, 0.15) is 6.10 Å². The zero-order valence-corrected chi connectivity index (χ0v) is 16.6. The number of anilines is 1. The molecule has 2 aromatic carbocycles. The van der Waals surface area contributed by atoms with Crippen LogP contribution in [-0.4, -0.2) is 51.9 Å². The fraction of sp³-hybridized carbons (Fsp3) is 0.300. The first kappa shape index (κ1) is 20.9. The van der Waals surface area contributed by atoms with Gasteiger partial charge in [-0.3, -0.25) is 4.79 Å². The van der Waals surface area contributed by atoms with Crippen molar-refractivity contribution in [3.05, 3.63) is 60.2 Å². The highest BCUT2D eigenvalue weighted by Gasteiger charge is 2.21. The maximum atomic E-state index is 12.2. The van der Waals surface area contributed by atoms with Gasteiger partial charge in [-0.05, 0) is 29.3 Å². The highest BCUT2D eigenvalue weighted by atomic mass is 35.5. The van der Waals surface area contributed by atoms with Gasteiger partial charge < -0.3 is 15.4 Å². The molecule has 9 heteroatoms. The minimum absolute atomic E-state index is 0. The van der Waals surface area contributed by atoms with Crippen LogP contribution in [0.2, 0.25) is 0 Å². The first-order valence-electron chi connectivity index (χ1n) is 9.33. The van der Waals surface area contributed by atoms with Crippen LogP contribution in [0.15, 0.2) is 54.6 Å². The predicted octanol–water partition coefficient (Wildman–Crippen LogP) is 1.93. The van der Waals surface area contributed by atoms with E-state index in [0.717, 1.165) is 29.8 Å². The highest BCUT2D eigenvalue weighted by molar-refractivity contribution is 5.94. The number of hydrogen-bond donors (Lipinski definition) is 2. The van der Waals surface area contributed by atoms with Crippen LogP contribution in [0.1, 0.15) is 5.56 Å². The fourth-order valence-electron chi connectivity index (χ4n) is 2.98. The van der Waals surface area contributed by atoms with Gasteiger partial charge >= 0.3 is 0 Å². The van der Waals surface area contributed by atoms with Crippen LogP contribution in [0.5, 0.6) is 0 Å². The Morgan fingerprint density at radius 2 is 1.97 bits per heavy atom. The Morgan fingerprint density at radius 3 is 2.69 bits per heavy atom. The lowest BCUT2D eigenvalue weighted by Crippen LogP contribution is -2.45. The van der Waals surface area contributed by atoms with E-state index in [1.807, 2.05) is 54.6 Å². The molecule has 0 saturated carbocycles. The standard InChI is InChI=1S/C20H22N6O2.ClH/c27-20(18-14-21-11-13-28-18)22-17-8-6-15(7-9-17)10-12-26-24-19(23-25-26)16-4-2-1-3-5-16;/h1-9,18,21H,10-14H2,(H,22,27);1H/t18-;/m1./s1. The van der Waals surface area contributed by atoms with E-state index in [1.165, 1.54) is 0 Å². The van der Waals surface area contributed by atoms with E-state index in [1.54, 1.807) is 4.80 Å². The first-order chi connectivity index (χ1) is 13.8. The van der Waals surface area contributed by atoms with Gasteiger partial charge in [-0.2, -0.15) is 4.80 Å². The highest BCUT2D eigenvalue weighted by Crippen LogP contribution is 2.14. The van der Waals surface area contributed by atoms with E-state index in [4.69, 9.17) is 4.74 Å². The maximum Gasteiger partial charge on any atom is 0.254 e. The van der Waals surface area contributed by atoms with Crippen LogP contribution in [-0.2, 0) is 22.5 Å².